The number of amides is 2. The van der Waals surface area contributed by atoms with Gasteiger partial charge in [0.1, 0.15) is 29.3 Å². The lowest BCUT2D eigenvalue weighted by molar-refractivity contribution is 0.0498. The summed E-state index contributed by atoms with van der Waals surface area (Å²) >= 11 is 0. The Morgan fingerprint density at radius 3 is 1.57 bits per heavy atom. The Hall–Kier alpha value is -4.24. The van der Waals surface area contributed by atoms with Gasteiger partial charge in [-0.1, -0.05) is 54.6 Å². The normalized spacial score (nSPS) is 13.0. The molecule has 1 unspecified atom stereocenters. The molecule has 0 aliphatic carbocycles. The first-order chi connectivity index (χ1) is 20.7. The molecule has 0 radical (unpaired) electrons. The predicted molar refractivity (Wildman–Crippen MR) is 172 cm³/mol. The third-order valence-electron chi connectivity index (χ3n) is 6.30. The lowest BCUT2D eigenvalue weighted by Gasteiger charge is -2.26. The molecule has 2 amide bonds. The van der Waals surface area contributed by atoms with Crippen LogP contribution in [0.4, 0.5) is 9.59 Å². The van der Waals surface area contributed by atoms with Crippen LogP contribution in [0.15, 0.2) is 78.9 Å². The Balaban J connectivity index is 1.65. The number of benzene rings is 3. The van der Waals surface area contributed by atoms with Crippen LogP contribution in [0.25, 0.3) is 0 Å². The van der Waals surface area contributed by atoms with Crippen LogP contribution in [-0.2, 0) is 28.9 Å². The van der Waals surface area contributed by atoms with Crippen molar-refractivity contribution in [3.05, 3.63) is 95.6 Å². The van der Waals surface area contributed by atoms with Crippen molar-refractivity contribution in [3.8, 4) is 11.5 Å². The average Bonchev–Trinajstić information content (AvgIpc) is 2.92. The lowest BCUT2D eigenvalue weighted by atomic mass is 10.0. The lowest BCUT2D eigenvalue weighted by Crippen LogP contribution is -2.49. The second kappa shape index (κ2) is 16.0. The number of hydrogen-bond acceptors (Lipinski definition) is 7. The Morgan fingerprint density at radius 2 is 1.11 bits per heavy atom. The van der Waals surface area contributed by atoms with Crippen LogP contribution >= 0.6 is 0 Å². The molecule has 3 aromatic carbocycles. The Labute approximate surface area is 261 Å². The molecule has 9 nitrogen and oxygen atoms in total. The fourth-order valence-electron chi connectivity index (χ4n) is 4.39. The van der Waals surface area contributed by atoms with E-state index in [0.29, 0.717) is 32.5 Å². The van der Waals surface area contributed by atoms with Crippen LogP contribution in [0.5, 0.6) is 11.5 Å². The number of carbonyl (C=O) groups is 2. The molecule has 9 heteroatoms. The molecule has 3 aromatic rings. The molecule has 3 rings (SSSR count). The maximum Gasteiger partial charge on any atom is 0.407 e. The van der Waals surface area contributed by atoms with Crippen LogP contribution in [-0.4, -0.2) is 53.7 Å². The highest BCUT2D eigenvalue weighted by Gasteiger charge is 2.22. The molecule has 238 valence electrons. The minimum Gasteiger partial charge on any atom is -0.508 e. The first-order valence-electron chi connectivity index (χ1n) is 15.0. The van der Waals surface area contributed by atoms with E-state index in [-0.39, 0.29) is 17.8 Å². The van der Waals surface area contributed by atoms with Crippen molar-refractivity contribution in [1.82, 2.24) is 16.0 Å². The van der Waals surface area contributed by atoms with Crippen molar-refractivity contribution in [2.75, 3.05) is 13.1 Å². The summed E-state index contributed by atoms with van der Waals surface area (Å²) in [7, 11) is 0. The largest absolute Gasteiger partial charge is 0.508 e. The van der Waals surface area contributed by atoms with Gasteiger partial charge in [-0.2, -0.15) is 0 Å². The zero-order chi connectivity index (χ0) is 32.2. The molecule has 0 bridgehead atoms. The molecule has 2 atom stereocenters. The van der Waals surface area contributed by atoms with Gasteiger partial charge >= 0.3 is 12.2 Å². The molecule has 0 aliphatic rings. The Bertz CT molecular complexity index is 1300. The molecular weight excluding hydrogens is 558 g/mol. The highest BCUT2D eigenvalue weighted by atomic mass is 16.6. The van der Waals surface area contributed by atoms with E-state index in [1.165, 1.54) is 0 Å². The first-order valence-corrected chi connectivity index (χ1v) is 15.0. The fourth-order valence-corrected chi connectivity index (χ4v) is 4.39. The van der Waals surface area contributed by atoms with E-state index >= 15 is 0 Å². The summed E-state index contributed by atoms with van der Waals surface area (Å²) < 4.78 is 16.9. The van der Waals surface area contributed by atoms with E-state index in [4.69, 9.17) is 14.2 Å². The van der Waals surface area contributed by atoms with Crippen molar-refractivity contribution in [2.24, 2.45) is 0 Å². The summed E-state index contributed by atoms with van der Waals surface area (Å²) in [5.74, 6) is 0.938. The third kappa shape index (κ3) is 13.8. The topological polar surface area (TPSA) is 118 Å². The maximum atomic E-state index is 12.7. The molecule has 0 spiro atoms. The van der Waals surface area contributed by atoms with Gasteiger partial charge in [-0.25, -0.2) is 9.59 Å². The van der Waals surface area contributed by atoms with E-state index in [9.17, 15) is 14.7 Å². The molecular formula is C35H47N3O6. The fraction of sp³-hybridized carbons (Fsp3) is 0.429. The molecule has 0 fully saturated rings. The van der Waals surface area contributed by atoms with Crippen LogP contribution in [0.1, 0.15) is 58.2 Å². The van der Waals surface area contributed by atoms with E-state index < -0.39 is 23.4 Å². The zero-order valence-electron chi connectivity index (χ0n) is 26.7. The summed E-state index contributed by atoms with van der Waals surface area (Å²) in [6, 6.07) is 24.1. The summed E-state index contributed by atoms with van der Waals surface area (Å²) in [5.41, 5.74) is 1.79. The van der Waals surface area contributed by atoms with Gasteiger partial charge in [-0.15, -0.1) is 0 Å². The Morgan fingerprint density at radius 1 is 0.659 bits per heavy atom. The monoisotopic (exact) mass is 605 g/mol. The van der Waals surface area contributed by atoms with Gasteiger partial charge in [-0.05, 0) is 95.3 Å². The van der Waals surface area contributed by atoms with E-state index in [0.717, 1.165) is 22.4 Å². The quantitative estimate of drug-likeness (QED) is 0.185. The molecule has 44 heavy (non-hydrogen) atoms. The third-order valence-corrected chi connectivity index (χ3v) is 6.30. The van der Waals surface area contributed by atoms with Gasteiger partial charge in [0.2, 0.25) is 0 Å². The van der Waals surface area contributed by atoms with Gasteiger partial charge < -0.3 is 35.3 Å². The summed E-state index contributed by atoms with van der Waals surface area (Å²) in [5, 5.41) is 19.0. The maximum absolute atomic E-state index is 12.7. The van der Waals surface area contributed by atoms with Crippen molar-refractivity contribution >= 4 is 12.2 Å². The standard InChI is InChI=1S/C35H47N3O6/c1-34(2,3)43-32(40)37-28(20-25-12-16-30(39)17-13-25)22-36-23-29(38-33(41)44-35(4,5)6)21-26-14-18-31(19-15-26)42-24-27-10-8-7-9-11-27/h7-19,28-29,36,39H,20-24H2,1-6H3,(H,37,40)(H,38,41)/t28-,29?/m1/s1. The van der Waals surface area contributed by atoms with Crippen molar-refractivity contribution < 1.29 is 28.9 Å². The molecule has 0 heterocycles. The van der Waals surface area contributed by atoms with Crippen LogP contribution in [0.3, 0.4) is 0 Å². The van der Waals surface area contributed by atoms with Crippen molar-refractivity contribution in [1.29, 1.82) is 0 Å². The SMILES string of the molecule is CC(C)(C)OC(=O)NC(CNC[C@@H](Cc1ccc(O)cc1)NC(=O)OC(C)(C)C)Cc1ccc(OCc2ccccc2)cc1. The predicted octanol–water partition coefficient (Wildman–Crippen LogP) is 6.13. The minimum absolute atomic E-state index is 0.176. The molecule has 4 N–H and O–H groups in total. The number of carbonyl (C=O) groups excluding carboxylic acids is 2. The zero-order valence-corrected chi connectivity index (χ0v) is 26.7. The van der Waals surface area contributed by atoms with Crippen molar-refractivity contribution in [2.45, 2.75) is 84.3 Å². The summed E-state index contributed by atoms with van der Waals surface area (Å²) in [4.78, 5) is 25.3. The van der Waals surface area contributed by atoms with Gasteiger partial charge in [0.05, 0.1) is 0 Å². The van der Waals surface area contributed by atoms with Gasteiger partial charge in [-0.3, -0.25) is 0 Å². The average molecular weight is 606 g/mol. The number of hydrogen-bond donors (Lipinski definition) is 4. The number of phenols is 1. The molecule has 0 aromatic heterocycles. The number of nitrogens with one attached hydrogen (secondary N) is 3. The van der Waals surface area contributed by atoms with E-state index in [2.05, 4.69) is 16.0 Å². The molecule has 0 saturated heterocycles. The van der Waals surface area contributed by atoms with Gasteiger partial charge in [0, 0.05) is 25.2 Å². The number of ether oxygens (including phenoxy) is 3. The summed E-state index contributed by atoms with van der Waals surface area (Å²) in [6.07, 6.45) is 0.0507. The molecule has 0 aliphatic heterocycles. The highest BCUT2D eigenvalue weighted by Crippen LogP contribution is 2.16. The van der Waals surface area contributed by atoms with Crippen LogP contribution < -0.4 is 20.7 Å². The second-order valence-corrected chi connectivity index (χ2v) is 12.8. The summed E-state index contributed by atoms with van der Waals surface area (Å²) in [6.45, 7) is 12.2. The van der Waals surface area contributed by atoms with Crippen LogP contribution in [0, 0.1) is 0 Å². The van der Waals surface area contributed by atoms with E-state index in [1.807, 2.05) is 108 Å². The number of alkyl carbamates (subject to hydrolysis) is 2. The van der Waals surface area contributed by atoms with Gasteiger partial charge in [0.15, 0.2) is 0 Å². The smallest absolute Gasteiger partial charge is 0.407 e. The van der Waals surface area contributed by atoms with Gasteiger partial charge in [0.25, 0.3) is 0 Å². The second-order valence-electron chi connectivity index (χ2n) is 12.8. The van der Waals surface area contributed by atoms with Crippen molar-refractivity contribution in [3.63, 3.8) is 0 Å². The first kappa shape index (κ1) is 34.3. The molecule has 0 saturated carbocycles. The minimum atomic E-state index is -0.634. The number of phenolic OH excluding ortho intramolecular Hbond substituents is 1. The van der Waals surface area contributed by atoms with Crippen LogP contribution in [0.2, 0.25) is 0 Å². The van der Waals surface area contributed by atoms with E-state index in [1.54, 1.807) is 12.1 Å². The Kier molecular flexibility index (Phi) is 12.5. The number of rotatable bonds is 13. The number of aromatic hydroxyl groups is 1. The highest BCUT2D eigenvalue weighted by molar-refractivity contribution is 5.68.